The van der Waals surface area contributed by atoms with Crippen LogP contribution in [0.15, 0.2) is 49.1 Å². The van der Waals surface area contributed by atoms with Crippen LogP contribution in [0.4, 0.5) is 0 Å². The van der Waals surface area contributed by atoms with Crippen molar-refractivity contribution >= 4 is 23.2 Å². The third-order valence-corrected chi connectivity index (χ3v) is 3.87. The van der Waals surface area contributed by atoms with E-state index in [1.54, 1.807) is 30.3 Å². The second-order valence-corrected chi connectivity index (χ2v) is 5.87. The number of aliphatic hydroxyl groups excluding tert-OH is 1. The monoisotopic (exact) mass is 365 g/mol. The van der Waals surface area contributed by atoms with Gasteiger partial charge in [0.1, 0.15) is 24.5 Å². The fourth-order valence-corrected chi connectivity index (χ4v) is 2.61. The predicted molar refractivity (Wildman–Crippen MR) is 89.6 cm³/mol. The Balaban J connectivity index is 1.76. The number of hydrogen-bond acceptors (Lipinski definition) is 5. The summed E-state index contributed by atoms with van der Waals surface area (Å²) in [5, 5.41) is 24.8. The number of benzene rings is 2. The molecule has 1 aromatic heterocycles. The quantitative estimate of drug-likeness (QED) is 0.718. The summed E-state index contributed by atoms with van der Waals surface area (Å²) in [6.07, 6.45) is 2.07. The molecule has 0 fully saturated rings. The van der Waals surface area contributed by atoms with Crippen LogP contribution < -0.4 is 4.74 Å². The summed E-state index contributed by atoms with van der Waals surface area (Å²) in [6, 6.07) is 9.42. The number of aliphatic hydroxyl groups is 1. The summed E-state index contributed by atoms with van der Waals surface area (Å²) < 4.78 is 7.09. The third kappa shape index (κ3) is 3.79. The Morgan fingerprint density at radius 3 is 2.67 bits per heavy atom. The highest BCUT2D eigenvalue weighted by atomic mass is 35.5. The predicted octanol–water partition coefficient (Wildman–Crippen LogP) is 3.82. The van der Waals surface area contributed by atoms with Crippen molar-refractivity contribution in [3.8, 4) is 17.2 Å². The molecule has 8 heteroatoms. The molecular formula is C16H13Cl2N3O3. The first-order valence-corrected chi connectivity index (χ1v) is 7.75. The van der Waals surface area contributed by atoms with E-state index in [0.29, 0.717) is 21.4 Å². The second-order valence-electron chi connectivity index (χ2n) is 5.03. The lowest BCUT2D eigenvalue weighted by atomic mass is 10.1. The van der Waals surface area contributed by atoms with Gasteiger partial charge in [-0.25, -0.2) is 4.98 Å². The Labute approximate surface area is 147 Å². The fourth-order valence-electron chi connectivity index (χ4n) is 2.15. The Hall–Kier alpha value is -2.28. The lowest BCUT2D eigenvalue weighted by Gasteiger charge is -2.14. The van der Waals surface area contributed by atoms with Crippen LogP contribution in [0, 0.1) is 0 Å². The first kappa shape index (κ1) is 16.6. The molecule has 0 bridgehead atoms. The van der Waals surface area contributed by atoms with Crippen LogP contribution in [0.25, 0.3) is 0 Å². The van der Waals surface area contributed by atoms with Crippen molar-refractivity contribution in [3.05, 3.63) is 64.7 Å². The van der Waals surface area contributed by atoms with Crippen molar-refractivity contribution in [3.63, 3.8) is 0 Å². The van der Waals surface area contributed by atoms with Crippen LogP contribution >= 0.6 is 23.2 Å². The Morgan fingerprint density at radius 2 is 2.00 bits per heavy atom. The number of phenolic OH excluding ortho intramolecular Hbond substituents is 1. The molecule has 0 saturated heterocycles. The topological polar surface area (TPSA) is 80.4 Å². The fraction of sp³-hybridized carbons (Fsp3) is 0.125. The lowest BCUT2D eigenvalue weighted by Crippen LogP contribution is -2.09. The maximum atomic E-state index is 10.3. The van der Waals surface area contributed by atoms with Gasteiger partial charge in [-0.05, 0) is 24.3 Å². The standard InChI is InChI=1S/C16H13Cl2N3O3/c17-10-1-4-16(14(22)5-10)24-11-2-3-12(13(18)6-11)15(23)7-21-9-19-8-20-21/h1-6,8-9,15,22-23H,7H2. The van der Waals surface area contributed by atoms with E-state index in [2.05, 4.69) is 10.1 Å². The summed E-state index contributed by atoms with van der Waals surface area (Å²) >= 11 is 12.0. The Bertz CT molecular complexity index is 841. The van der Waals surface area contributed by atoms with E-state index in [4.69, 9.17) is 27.9 Å². The van der Waals surface area contributed by atoms with Gasteiger partial charge in [-0.1, -0.05) is 29.3 Å². The van der Waals surface area contributed by atoms with E-state index in [-0.39, 0.29) is 18.0 Å². The van der Waals surface area contributed by atoms with Crippen LogP contribution in [0.3, 0.4) is 0 Å². The van der Waals surface area contributed by atoms with Crippen molar-refractivity contribution in [2.24, 2.45) is 0 Å². The number of ether oxygens (including phenoxy) is 1. The largest absolute Gasteiger partial charge is 0.504 e. The molecule has 1 unspecified atom stereocenters. The van der Waals surface area contributed by atoms with Crippen molar-refractivity contribution in [2.75, 3.05) is 0 Å². The molecule has 2 aromatic carbocycles. The van der Waals surface area contributed by atoms with Gasteiger partial charge in [-0.3, -0.25) is 4.68 Å². The number of nitrogens with zero attached hydrogens (tertiary/aromatic N) is 3. The Morgan fingerprint density at radius 1 is 1.17 bits per heavy atom. The molecule has 0 aliphatic carbocycles. The number of aromatic nitrogens is 3. The van der Waals surface area contributed by atoms with Crippen molar-refractivity contribution in [2.45, 2.75) is 12.6 Å². The van der Waals surface area contributed by atoms with E-state index in [0.717, 1.165) is 0 Å². The Kier molecular flexibility index (Phi) is 4.89. The van der Waals surface area contributed by atoms with Gasteiger partial charge in [-0.2, -0.15) is 5.10 Å². The van der Waals surface area contributed by atoms with E-state index in [1.165, 1.54) is 23.4 Å². The molecule has 0 spiro atoms. The molecule has 2 N–H and O–H groups in total. The van der Waals surface area contributed by atoms with E-state index >= 15 is 0 Å². The molecule has 6 nitrogen and oxygen atoms in total. The molecule has 0 saturated carbocycles. The number of phenols is 1. The zero-order chi connectivity index (χ0) is 17.1. The van der Waals surface area contributed by atoms with Gasteiger partial charge in [0, 0.05) is 16.7 Å². The molecule has 1 heterocycles. The zero-order valence-electron chi connectivity index (χ0n) is 12.3. The second kappa shape index (κ2) is 7.09. The van der Waals surface area contributed by atoms with Crippen molar-refractivity contribution in [1.29, 1.82) is 0 Å². The molecule has 24 heavy (non-hydrogen) atoms. The van der Waals surface area contributed by atoms with Gasteiger partial charge in [-0.15, -0.1) is 0 Å². The molecule has 3 aromatic rings. The summed E-state index contributed by atoms with van der Waals surface area (Å²) in [4.78, 5) is 3.82. The third-order valence-electron chi connectivity index (χ3n) is 3.31. The molecular weight excluding hydrogens is 353 g/mol. The smallest absolute Gasteiger partial charge is 0.169 e. The molecule has 0 amide bonds. The van der Waals surface area contributed by atoms with Gasteiger partial charge in [0.05, 0.1) is 11.6 Å². The highest BCUT2D eigenvalue weighted by Gasteiger charge is 2.14. The van der Waals surface area contributed by atoms with Crippen LogP contribution in [0.2, 0.25) is 10.0 Å². The van der Waals surface area contributed by atoms with Crippen molar-refractivity contribution < 1.29 is 14.9 Å². The number of rotatable bonds is 5. The number of aromatic hydroxyl groups is 1. The van der Waals surface area contributed by atoms with Gasteiger partial charge in [0.25, 0.3) is 0 Å². The average Bonchev–Trinajstić information content (AvgIpc) is 3.03. The molecule has 0 radical (unpaired) electrons. The van der Waals surface area contributed by atoms with Crippen LogP contribution in [0.1, 0.15) is 11.7 Å². The van der Waals surface area contributed by atoms with Gasteiger partial charge in [0.15, 0.2) is 11.5 Å². The summed E-state index contributed by atoms with van der Waals surface area (Å²) in [5.41, 5.74) is 0.542. The van der Waals surface area contributed by atoms with Crippen LogP contribution in [-0.2, 0) is 6.54 Å². The van der Waals surface area contributed by atoms with Crippen molar-refractivity contribution in [1.82, 2.24) is 14.8 Å². The minimum Gasteiger partial charge on any atom is -0.504 e. The van der Waals surface area contributed by atoms with Crippen LogP contribution in [0.5, 0.6) is 17.2 Å². The highest BCUT2D eigenvalue weighted by molar-refractivity contribution is 6.31. The first-order valence-electron chi connectivity index (χ1n) is 6.99. The normalized spacial score (nSPS) is 12.1. The van der Waals surface area contributed by atoms with E-state index in [1.807, 2.05) is 0 Å². The summed E-state index contributed by atoms with van der Waals surface area (Å²) in [7, 11) is 0. The average molecular weight is 366 g/mol. The number of halogens is 2. The number of hydrogen-bond donors (Lipinski definition) is 2. The molecule has 1 atom stereocenters. The molecule has 124 valence electrons. The van der Waals surface area contributed by atoms with Gasteiger partial charge in [0.2, 0.25) is 0 Å². The van der Waals surface area contributed by atoms with Gasteiger partial charge >= 0.3 is 0 Å². The molecule has 0 aliphatic rings. The highest BCUT2D eigenvalue weighted by Crippen LogP contribution is 2.35. The molecule has 3 rings (SSSR count). The van der Waals surface area contributed by atoms with E-state index < -0.39 is 6.10 Å². The summed E-state index contributed by atoms with van der Waals surface area (Å²) in [6.45, 7) is 0.234. The maximum absolute atomic E-state index is 10.3. The van der Waals surface area contributed by atoms with Crippen LogP contribution in [-0.4, -0.2) is 25.0 Å². The zero-order valence-corrected chi connectivity index (χ0v) is 13.8. The minimum atomic E-state index is -0.836. The SMILES string of the molecule is Oc1cc(Cl)ccc1Oc1ccc(C(O)Cn2cncn2)c(Cl)c1. The summed E-state index contributed by atoms with van der Waals surface area (Å²) in [5.74, 6) is 0.606. The molecule has 0 aliphatic heterocycles. The van der Waals surface area contributed by atoms with E-state index in [9.17, 15) is 10.2 Å². The first-order chi connectivity index (χ1) is 11.5. The van der Waals surface area contributed by atoms with Gasteiger partial charge < -0.3 is 14.9 Å². The lowest BCUT2D eigenvalue weighted by molar-refractivity contribution is 0.151. The minimum absolute atomic E-state index is 0.0751. The maximum Gasteiger partial charge on any atom is 0.169 e.